The van der Waals surface area contributed by atoms with Gasteiger partial charge in [-0.25, -0.2) is 4.39 Å². The minimum absolute atomic E-state index is 0.122. The second-order valence-corrected chi connectivity index (χ2v) is 9.21. The molecule has 31 heavy (non-hydrogen) atoms. The number of phenols is 1. The number of carbonyl (C=O) groups is 1. The SMILES string of the molecule is CC1(C)COC(C)(CCCCC(=O)O)c2c1n(-c1ccc(F)cc1)c1cccc(O)c21. The summed E-state index contributed by atoms with van der Waals surface area (Å²) in [7, 11) is 0. The maximum atomic E-state index is 13.6. The summed E-state index contributed by atoms with van der Waals surface area (Å²) in [6.07, 6.45) is 2.02. The van der Waals surface area contributed by atoms with Gasteiger partial charge in [-0.1, -0.05) is 19.9 Å². The summed E-state index contributed by atoms with van der Waals surface area (Å²) < 4.78 is 22.2. The number of benzene rings is 2. The number of aromatic hydroxyl groups is 1. The zero-order valence-corrected chi connectivity index (χ0v) is 18.1. The molecule has 0 amide bonds. The first-order valence-electron chi connectivity index (χ1n) is 10.6. The van der Waals surface area contributed by atoms with E-state index in [1.165, 1.54) is 12.1 Å². The van der Waals surface area contributed by atoms with Crippen LogP contribution in [-0.2, 0) is 20.5 Å². The quantitative estimate of drug-likeness (QED) is 0.501. The van der Waals surface area contributed by atoms with Crippen molar-refractivity contribution in [1.29, 1.82) is 0 Å². The lowest BCUT2D eigenvalue weighted by atomic mass is 9.76. The number of unbranched alkanes of at least 4 members (excludes halogenated alkanes) is 1. The van der Waals surface area contributed by atoms with Gasteiger partial charge in [-0.15, -0.1) is 0 Å². The number of hydrogen-bond donors (Lipinski definition) is 2. The average molecular weight is 426 g/mol. The second-order valence-electron chi connectivity index (χ2n) is 9.21. The molecule has 0 saturated carbocycles. The van der Waals surface area contributed by atoms with E-state index < -0.39 is 11.6 Å². The third-order valence-electron chi connectivity index (χ3n) is 6.27. The van der Waals surface area contributed by atoms with Crippen LogP contribution in [-0.4, -0.2) is 27.4 Å². The summed E-state index contributed by atoms with van der Waals surface area (Å²) in [5.74, 6) is -0.933. The highest BCUT2D eigenvalue weighted by molar-refractivity contribution is 5.94. The fraction of sp³-hybridized carbons (Fsp3) is 0.400. The average Bonchev–Trinajstić information content (AvgIpc) is 3.08. The number of carboxylic acids is 1. The van der Waals surface area contributed by atoms with Crippen molar-refractivity contribution in [3.8, 4) is 11.4 Å². The Morgan fingerprint density at radius 2 is 1.84 bits per heavy atom. The summed E-state index contributed by atoms with van der Waals surface area (Å²) in [4.78, 5) is 10.9. The molecule has 3 aromatic rings. The molecule has 1 aliphatic rings. The van der Waals surface area contributed by atoms with Crippen LogP contribution in [0.25, 0.3) is 16.6 Å². The second kappa shape index (κ2) is 7.68. The first kappa shape index (κ1) is 21.4. The van der Waals surface area contributed by atoms with Crippen molar-refractivity contribution in [2.75, 3.05) is 6.61 Å². The fourth-order valence-corrected chi connectivity index (χ4v) is 4.75. The summed E-state index contributed by atoms with van der Waals surface area (Å²) >= 11 is 0. The van der Waals surface area contributed by atoms with Gasteiger partial charge in [0.15, 0.2) is 0 Å². The van der Waals surface area contributed by atoms with Crippen molar-refractivity contribution in [3.63, 3.8) is 0 Å². The molecule has 2 heterocycles. The summed E-state index contributed by atoms with van der Waals surface area (Å²) in [6.45, 7) is 6.70. The fourth-order valence-electron chi connectivity index (χ4n) is 4.75. The van der Waals surface area contributed by atoms with Crippen LogP contribution in [0.2, 0.25) is 0 Å². The van der Waals surface area contributed by atoms with Crippen LogP contribution in [0.3, 0.4) is 0 Å². The zero-order chi connectivity index (χ0) is 22.4. The minimum atomic E-state index is -0.804. The predicted octanol–water partition coefficient (Wildman–Crippen LogP) is 5.64. The van der Waals surface area contributed by atoms with Gasteiger partial charge in [0, 0.05) is 34.2 Å². The normalized spacial score (nSPS) is 20.0. The molecular formula is C25H28FNO4. The van der Waals surface area contributed by atoms with Crippen LogP contribution in [0.5, 0.6) is 5.75 Å². The Bertz CT molecular complexity index is 1130. The van der Waals surface area contributed by atoms with E-state index in [0.717, 1.165) is 27.8 Å². The van der Waals surface area contributed by atoms with Gasteiger partial charge in [0.1, 0.15) is 11.6 Å². The minimum Gasteiger partial charge on any atom is -0.507 e. The number of fused-ring (bicyclic) bond motifs is 3. The van der Waals surface area contributed by atoms with E-state index in [-0.39, 0.29) is 23.4 Å². The van der Waals surface area contributed by atoms with Crippen molar-refractivity contribution in [1.82, 2.24) is 4.57 Å². The monoisotopic (exact) mass is 425 g/mol. The first-order valence-corrected chi connectivity index (χ1v) is 10.6. The van der Waals surface area contributed by atoms with Crippen LogP contribution >= 0.6 is 0 Å². The Kier molecular flexibility index (Phi) is 5.30. The zero-order valence-electron chi connectivity index (χ0n) is 18.1. The standard InChI is InChI=1S/C25H28FNO4/c1-24(2)15-31-25(3,14-5-4-9-20(29)30)22-21-18(7-6-8-19(21)28)27(23(22)24)17-12-10-16(26)11-13-17/h6-8,10-13,28H,4-5,9,14-15H2,1-3H3,(H,29,30). The highest BCUT2D eigenvalue weighted by atomic mass is 19.1. The maximum absolute atomic E-state index is 13.6. The Morgan fingerprint density at radius 1 is 1.13 bits per heavy atom. The van der Waals surface area contributed by atoms with Gasteiger partial charge in [0.25, 0.3) is 0 Å². The van der Waals surface area contributed by atoms with Gasteiger partial charge in [0.2, 0.25) is 0 Å². The lowest BCUT2D eigenvalue weighted by Crippen LogP contribution is -2.42. The number of hydrogen-bond acceptors (Lipinski definition) is 3. The summed E-state index contributed by atoms with van der Waals surface area (Å²) in [6, 6.07) is 11.8. The van der Waals surface area contributed by atoms with Crippen molar-refractivity contribution in [2.24, 2.45) is 0 Å². The number of halogens is 1. The lowest BCUT2D eigenvalue weighted by molar-refractivity contribution is -0.137. The summed E-state index contributed by atoms with van der Waals surface area (Å²) in [5, 5.41) is 20.6. The molecule has 2 N–H and O–H groups in total. The van der Waals surface area contributed by atoms with Gasteiger partial charge < -0.3 is 19.5 Å². The van der Waals surface area contributed by atoms with Crippen molar-refractivity contribution >= 4 is 16.9 Å². The van der Waals surface area contributed by atoms with Crippen LogP contribution in [0.4, 0.5) is 4.39 Å². The van der Waals surface area contributed by atoms with Crippen LogP contribution < -0.4 is 0 Å². The predicted molar refractivity (Wildman–Crippen MR) is 117 cm³/mol. The summed E-state index contributed by atoms with van der Waals surface area (Å²) in [5.41, 5.74) is 2.59. The highest BCUT2D eigenvalue weighted by Crippen LogP contribution is 2.51. The number of aromatic nitrogens is 1. The molecule has 1 atom stereocenters. The number of phenolic OH excluding ortho intramolecular Hbond substituents is 1. The van der Waals surface area contributed by atoms with Gasteiger partial charge >= 0.3 is 5.97 Å². The van der Waals surface area contributed by atoms with Crippen molar-refractivity contribution < 1.29 is 24.1 Å². The highest BCUT2D eigenvalue weighted by Gasteiger charge is 2.45. The molecule has 1 aliphatic heterocycles. The molecule has 0 bridgehead atoms. The Balaban J connectivity index is 1.94. The van der Waals surface area contributed by atoms with Crippen LogP contribution in [0.15, 0.2) is 42.5 Å². The molecule has 0 radical (unpaired) electrons. The van der Waals surface area contributed by atoms with E-state index >= 15 is 0 Å². The molecule has 164 valence electrons. The Labute approximate surface area is 181 Å². The Hall–Kier alpha value is -2.86. The van der Waals surface area contributed by atoms with E-state index in [1.807, 2.05) is 13.0 Å². The number of rotatable bonds is 6. The lowest BCUT2D eigenvalue weighted by Gasteiger charge is -2.43. The number of aliphatic carboxylic acids is 1. The van der Waals surface area contributed by atoms with Gasteiger partial charge in [-0.05, 0) is 62.6 Å². The van der Waals surface area contributed by atoms with E-state index in [9.17, 15) is 14.3 Å². The number of carboxylic acid groups (broad SMARTS) is 1. The molecule has 0 aliphatic carbocycles. The molecule has 2 aromatic carbocycles. The largest absolute Gasteiger partial charge is 0.507 e. The molecular weight excluding hydrogens is 397 g/mol. The van der Waals surface area contributed by atoms with E-state index in [2.05, 4.69) is 18.4 Å². The van der Waals surface area contributed by atoms with Crippen LogP contribution in [0.1, 0.15) is 57.7 Å². The van der Waals surface area contributed by atoms with E-state index in [1.54, 1.807) is 24.3 Å². The third-order valence-corrected chi connectivity index (χ3v) is 6.27. The van der Waals surface area contributed by atoms with Crippen molar-refractivity contribution in [2.45, 2.75) is 57.5 Å². The maximum Gasteiger partial charge on any atom is 0.303 e. The number of nitrogens with zero attached hydrogens (tertiary/aromatic N) is 1. The van der Waals surface area contributed by atoms with E-state index in [4.69, 9.17) is 9.84 Å². The first-order chi connectivity index (χ1) is 14.6. The molecule has 0 saturated heterocycles. The molecule has 0 fully saturated rings. The molecule has 4 rings (SSSR count). The third kappa shape index (κ3) is 3.69. The Morgan fingerprint density at radius 3 is 2.52 bits per heavy atom. The van der Waals surface area contributed by atoms with E-state index in [0.29, 0.717) is 25.9 Å². The molecule has 1 aromatic heterocycles. The van der Waals surface area contributed by atoms with Gasteiger partial charge in [0.05, 0.1) is 17.7 Å². The number of ether oxygens (including phenoxy) is 1. The van der Waals surface area contributed by atoms with Gasteiger partial charge in [-0.2, -0.15) is 0 Å². The molecule has 6 heteroatoms. The molecule has 0 spiro atoms. The van der Waals surface area contributed by atoms with Gasteiger partial charge in [-0.3, -0.25) is 4.79 Å². The smallest absolute Gasteiger partial charge is 0.303 e. The molecule has 1 unspecified atom stereocenters. The molecule has 5 nitrogen and oxygen atoms in total. The topological polar surface area (TPSA) is 71.7 Å². The van der Waals surface area contributed by atoms with Crippen LogP contribution in [0, 0.1) is 5.82 Å². The van der Waals surface area contributed by atoms with Crippen molar-refractivity contribution in [3.05, 3.63) is 59.5 Å².